The first-order chi connectivity index (χ1) is 6.66. The number of hydrogen-bond donors (Lipinski definition) is 0. The summed E-state index contributed by atoms with van der Waals surface area (Å²) < 4.78 is 23.4. The minimum absolute atomic E-state index is 0.0149. The molecule has 0 aromatic heterocycles. The Morgan fingerprint density at radius 2 is 1.86 bits per heavy atom. The quantitative estimate of drug-likeness (QED) is 0.582. The Morgan fingerprint density at radius 3 is 2.43 bits per heavy atom. The lowest BCUT2D eigenvalue weighted by Crippen LogP contribution is -1.92. The van der Waals surface area contributed by atoms with Crippen molar-refractivity contribution in [1.82, 2.24) is 0 Å². The maximum atomic E-state index is 11.7. The van der Waals surface area contributed by atoms with Crippen LogP contribution < -0.4 is 0 Å². The van der Waals surface area contributed by atoms with Crippen molar-refractivity contribution in [3.8, 4) is 0 Å². The molecule has 0 aliphatic rings. The van der Waals surface area contributed by atoms with Crippen LogP contribution in [0.25, 0.3) is 0 Å². The number of unbranched alkanes of at least 4 members (excludes halogenated alkanes) is 3. The van der Waals surface area contributed by atoms with Gasteiger partial charge in [0.1, 0.15) is 0 Å². The lowest BCUT2D eigenvalue weighted by atomic mass is 10.2. The summed E-state index contributed by atoms with van der Waals surface area (Å²) in [5.41, 5.74) is 0. The van der Waals surface area contributed by atoms with E-state index in [1.807, 2.05) is 6.92 Å². The molecule has 0 aliphatic carbocycles. The van der Waals surface area contributed by atoms with Crippen molar-refractivity contribution in [3.63, 3.8) is 0 Å². The summed E-state index contributed by atoms with van der Waals surface area (Å²) in [6.07, 6.45) is 1.80. The number of alkyl halides is 2. The van der Waals surface area contributed by atoms with Crippen molar-refractivity contribution >= 4 is 16.9 Å². The largest absolute Gasteiger partial charge is 0.287 e. The Bertz CT molecular complexity index is 151. The van der Waals surface area contributed by atoms with Crippen LogP contribution in [-0.4, -0.2) is 17.3 Å². The van der Waals surface area contributed by atoms with Gasteiger partial charge in [-0.25, -0.2) is 8.78 Å². The monoisotopic (exact) mass is 224 g/mol. The predicted molar refractivity (Wildman–Crippen MR) is 56.8 cm³/mol. The van der Waals surface area contributed by atoms with E-state index in [1.54, 1.807) is 0 Å². The van der Waals surface area contributed by atoms with Gasteiger partial charge in [0, 0.05) is 18.6 Å². The molecule has 0 heterocycles. The molecule has 0 spiro atoms. The van der Waals surface area contributed by atoms with Crippen LogP contribution in [0.5, 0.6) is 0 Å². The lowest BCUT2D eigenvalue weighted by molar-refractivity contribution is -0.110. The summed E-state index contributed by atoms with van der Waals surface area (Å²) >= 11 is 1.35. The number of carbonyl (C=O) groups is 1. The van der Waals surface area contributed by atoms with Gasteiger partial charge >= 0.3 is 0 Å². The van der Waals surface area contributed by atoms with E-state index >= 15 is 0 Å². The molecule has 0 fully saturated rings. The van der Waals surface area contributed by atoms with Gasteiger partial charge in [0.25, 0.3) is 0 Å². The smallest absolute Gasteiger partial charge is 0.238 e. The van der Waals surface area contributed by atoms with E-state index in [2.05, 4.69) is 0 Å². The first-order valence-corrected chi connectivity index (χ1v) is 6.09. The predicted octanol–water partition coefficient (Wildman–Crippen LogP) is 3.87. The van der Waals surface area contributed by atoms with Crippen LogP contribution in [0.2, 0.25) is 0 Å². The molecular weight excluding hydrogens is 206 g/mol. The van der Waals surface area contributed by atoms with E-state index in [0.717, 1.165) is 25.0 Å². The Hall–Kier alpha value is -0.120. The zero-order chi connectivity index (χ0) is 10.8. The highest BCUT2D eigenvalue weighted by molar-refractivity contribution is 8.13. The maximum Gasteiger partial charge on any atom is 0.238 e. The zero-order valence-corrected chi connectivity index (χ0v) is 9.42. The third-order valence-corrected chi connectivity index (χ3v) is 2.97. The summed E-state index contributed by atoms with van der Waals surface area (Å²) in [6.45, 7) is 1.85. The fourth-order valence-corrected chi connectivity index (χ4v) is 1.82. The SMILES string of the molecule is CCC(=O)SCCCCCCC(F)F. The molecule has 0 aromatic carbocycles. The number of carbonyl (C=O) groups excluding carboxylic acids is 1. The number of hydrogen-bond acceptors (Lipinski definition) is 2. The molecule has 0 rings (SSSR count). The summed E-state index contributed by atoms with van der Waals surface area (Å²) in [6, 6.07) is 0. The average molecular weight is 224 g/mol. The van der Waals surface area contributed by atoms with Crippen molar-refractivity contribution < 1.29 is 13.6 Å². The van der Waals surface area contributed by atoms with Crippen LogP contribution in [0.15, 0.2) is 0 Å². The average Bonchev–Trinajstić information content (AvgIpc) is 2.15. The van der Waals surface area contributed by atoms with Gasteiger partial charge in [-0.3, -0.25) is 4.79 Å². The minimum Gasteiger partial charge on any atom is -0.287 e. The van der Waals surface area contributed by atoms with Gasteiger partial charge in [-0.05, 0) is 12.8 Å². The molecule has 0 radical (unpaired) electrons. The molecule has 0 aromatic rings. The molecule has 84 valence electrons. The Labute approximate surface area is 88.6 Å². The van der Waals surface area contributed by atoms with Crippen LogP contribution in [0.1, 0.15) is 45.4 Å². The molecule has 1 nitrogen and oxygen atoms in total. The van der Waals surface area contributed by atoms with E-state index in [9.17, 15) is 13.6 Å². The van der Waals surface area contributed by atoms with Crippen LogP contribution in [0, 0.1) is 0 Å². The third kappa shape index (κ3) is 9.96. The third-order valence-electron chi connectivity index (χ3n) is 1.87. The maximum absolute atomic E-state index is 11.7. The van der Waals surface area contributed by atoms with Gasteiger partial charge in [0.2, 0.25) is 6.43 Å². The van der Waals surface area contributed by atoms with E-state index in [1.165, 1.54) is 11.8 Å². The normalized spacial score (nSPS) is 10.9. The number of halogens is 2. The van der Waals surface area contributed by atoms with Crippen LogP contribution >= 0.6 is 11.8 Å². The highest BCUT2D eigenvalue weighted by Crippen LogP contribution is 2.12. The van der Waals surface area contributed by atoms with Gasteiger partial charge in [-0.1, -0.05) is 31.5 Å². The molecule has 0 atom stereocenters. The van der Waals surface area contributed by atoms with Crippen LogP contribution in [-0.2, 0) is 4.79 Å². The van der Waals surface area contributed by atoms with E-state index in [0.29, 0.717) is 12.8 Å². The van der Waals surface area contributed by atoms with Crippen LogP contribution in [0.3, 0.4) is 0 Å². The first-order valence-electron chi connectivity index (χ1n) is 5.10. The molecule has 0 bridgehead atoms. The zero-order valence-electron chi connectivity index (χ0n) is 8.60. The van der Waals surface area contributed by atoms with Gasteiger partial charge in [0.05, 0.1) is 0 Å². The van der Waals surface area contributed by atoms with Crippen LogP contribution in [0.4, 0.5) is 8.78 Å². The van der Waals surface area contributed by atoms with Gasteiger partial charge in [-0.2, -0.15) is 0 Å². The summed E-state index contributed by atoms with van der Waals surface area (Å²) in [5, 5.41) is 0.220. The molecule has 0 unspecified atom stereocenters. The second-order valence-corrected chi connectivity index (χ2v) is 4.32. The standard InChI is InChI=1S/C10H18F2OS/c1-2-10(13)14-8-6-4-3-5-7-9(11)12/h9H,2-8H2,1H3. The second-order valence-electron chi connectivity index (χ2n) is 3.17. The van der Waals surface area contributed by atoms with Crippen molar-refractivity contribution in [1.29, 1.82) is 0 Å². The molecule has 0 amide bonds. The molecular formula is C10H18F2OS. The van der Waals surface area contributed by atoms with Gasteiger partial charge in [-0.15, -0.1) is 0 Å². The summed E-state index contributed by atoms with van der Waals surface area (Å²) in [5.74, 6) is 0.835. The molecule has 4 heteroatoms. The Morgan fingerprint density at radius 1 is 1.21 bits per heavy atom. The van der Waals surface area contributed by atoms with Crippen molar-refractivity contribution in [2.75, 3.05) is 5.75 Å². The van der Waals surface area contributed by atoms with E-state index in [4.69, 9.17) is 0 Å². The molecule has 0 N–H and O–H groups in total. The van der Waals surface area contributed by atoms with Gasteiger partial charge in [0.15, 0.2) is 5.12 Å². The molecule has 0 aliphatic heterocycles. The van der Waals surface area contributed by atoms with Crippen molar-refractivity contribution in [3.05, 3.63) is 0 Å². The first kappa shape index (κ1) is 13.9. The Kier molecular flexibility index (Phi) is 9.35. The minimum atomic E-state index is -2.16. The number of thioether (sulfide) groups is 1. The van der Waals surface area contributed by atoms with Gasteiger partial charge < -0.3 is 0 Å². The lowest BCUT2D eigenvalue weighted by Gasteiger charge is -2.00. The fourth-order valence-electron chi connectivity index (χ4n) is 1.04. The summed E-state index contributed by atoms with van der Waals surface area (Å²) in [4.78, 5) is 10.9. The second kappa shape index (κ2) is 9.44. The highest BCUT2D eigenvalue weighted by atomic mass is 32.2. The van der Waals surface area contributed by atoms with E-state index in [-0.39, 0.29) is 11.5 Å². The van der Waals surface area contributed by atoms with Crippen molar-refractivity contribution in [2.24, 2.45) is 0 Å². The molecule has 14 heavy (non-hydrogen) atoms. The van der Waals surface area contributed by atoms with Crippen molar-refractivity contribution in [2.45, 2.75) is 51.9 Å². The summed E-state index contributed by atoms with van der Waals surface area (Å²) in [7, 11) is 0. The molecule has 0 saturated heterocycles. The van der Waals surface area contributed by atoms with E-state index < -0.39 is 6.43 Å². The number of rotatable bonds is 8. The molecule has 0 saturated carbocycles. The highest BCUT2D eigenvalue weighted by Gasteiger charge is 2.01. The fraction of sp³-hybridized carbons (Fsp3) is 0.900. The topological polar surface area (TPSA) is 17.1 Å². The Balaban J connectivity index is 3.03.